The number of nitrogens with zero attached hydrogens (tertiary/aromatic N) is 1. The SMILES string of the molecule is Cc1c([N+](=O)[O-])cc(-c2c(C(=O)O)c(N)[nH]c(=O)c2C(=O)O)c(O)c1Br. The molecule has 0 spiro atoms. The lowest BCUT2D eigenvalue weighted by atomic mass is 9.93. The number of hydrogen-bond acceptors (Lipinski definition) is 7. The fourth-order valence-electron chi connectivity index (χ4n) is 2.42. The van der Waals surface area contributed by atoms with Gasteiger partial charge in [-0.15, -0.1) is 0 Å². The van der Waals surface area contributed by atoms with Crippen molar-refractivity contribution in [2.45, 2.75) is 6.92 Å². The number of carbonyl (C=O) groups is 2. The Morgan fingerprint density at radius 2 is 1.81 bits per heavy atom. The number of aromatic amines is 1. The number of carboxylic acid groups (broad SMARTS) is 2. The number of H-pyrrole nitrogens is 1. The van der Waals surface area contributed by atoms with Crippen LogP contribution < -0.4 is 11.3 Å². The molecule has 1 aromatic heterocycles. The van der Waals surface area contributed by atoms with Crippen LogP contribution in [0.5, 0.6) is 5.75 Å². The van der Waals surface area contributed by atoms with Gasteiger partial charge >= 0.3 is 11.9 Å². The molecule has 0 bridgehead atoms. The highest BCUT2D eigenvalue weighted by Gasteiger charge is 2.31. The Bertz CT molecular complexity index is 1040. The Balaban J connectivity index is 3.16. The summed E-state index contributed by atoms with van der Waals surface area (Å²) >= 11 is 2.94. The maximum atomic E-state index is 12.0. The molecule has 0 unspecified atom stereocenters. The smallest absolute Gasteiger partial charge is 0.342 e. The third-order valence-corrected chi connectivity index (χ3v) is 4.57. The molecule has 0 saturated heterocycles. The van der Waals surface area contributed by atoms with Crippen molar-refractivity contribution >= 4 is 39.4 Å². The molecule has 0 radical (unpaired) electrons. The summed E-state index contributed by atoms with van der Waals surface area (Å²) in [6.45, 7) is 1.31. The number of nitrogen functional groups attached to an aromatic ring is 1. The van der Waals surface area contributed by atoms with E-state index in [1.807, 2.05) is 4.98 Å². The van der Waals surface area contributed by atoms with E-state index in [0.717, 1.165) is 6.07 Å². The monoisotopic (exact) mass is 427 g/mol. The number of nitro groups is 1. The maximum Gasteiger partial charge on any atom is 0.342 e. The van der Waals surface area contributed by atoms with Crippen molar-refractivity contribution in [3.05, 3.63) is 47.7 Å². The van der Waals surface area contributed by atoms with Crippen LogP contribution in [0.2, 0.25) is 0 Å². The molecule has 2 aromatic rings. The van der Waals surface area contributed by atoms with Gasteiger partial charge in [-0.05, 0) is 22.9 Å². The van der Waals surface area contributed by atoms with Gasteiger partial charge in [-0.3, -0.25) is 14.9 Å². The number of phenolic OH excluding ortho intramolecular Hbond substituents is 1. The topological polar surface area (TPSA) is 197 Å². The molecule has 0 amide bonds. The molecule has 0 aliphatic rings. The number of aromatic hydroxyl groups is 1. The van der Waals surface area contributed by atoms with E-state index >= 15 is 0 Å². The quantitative estimate of drug-likeness (QED) is 0.355. The van der Waals surface area contributed by atoms with Crippen LogP contribution >= 0.6 is 15.9 Å². The van der Waals surface area contributed by atoms with E-state index in [2.05, 4.69) is 15.9 Å². The number of halogens is 1. The Kier molecular flexibility index (Phi) is 4.71. The first kappa shape index (κ1) is 18.9. The van der Waals surface area contributed by atoms with Crippen LogP contribution in [-0.2, 0) is 0 Å². The number of aromatic nitrogens is 1. The second-order valence-corrected chi connectivity index (χ2v) is 5.88. The molecule has 0 atom stereocenters. The summed E-state index contributed by atoms with van der Waals surface area (Å²) in [6, 6.07) is 0.780. The van der Waals surface area contributed by atoms with E-state index in [-0.39, 0.29) is 10.0 Å². The number of benzene rings is 1. The lowest BCUT2D eigenvalue weighted by Gasteiger charge is -2.15. The molecule has 11 nitrogen and oxygen atoms in total. The largest absolute Gasteiger partial charge is 0.506 e. The molecule has 0 saturated carbocycles. The van der Waals surface area contributed by atoms with E-state index in [4.69, 9.17) is 5.73 Å². The van der Waals surface area contributed by atoms with Gasteiger partial charge in [-0.25, -0.2) is 9.59 Å². The minimum atomic E-state index is -1.80. The highest BCUT2D eigenvalue weighted by molar-refractivity contribution is 9.10. The Hall–Kier alpha value is -3.41. The van der Waals surface area contributed by atoms with Gasteiger partial charge in [-0.2, -0.15) is 0 Å². The van der Waals surface area contributed by atoms with Crippen molar-refractivity contribution < 1.29 is 29.8 Å². The fraction of sp³-hybridized carbons (Fsp3) is 0.0714. The summed E-state index contributed by atoms with van der Waals surface area (Å²) in [5, 5.41) is 40.2. The van der Waals surface area contributed by atoms with Gasteiger partial charge in [0.2, 0.25) is 0 Å². The number of anilines is 1. The number of rotatable bonds is 4. The highest BCUT2D eigenvalue weighted by atomic mass is 79.9. The summed E-state index contributed by atoms with van der Waals surface area (Å²) < 4.78 is -0.159. The first-order valence-electron chi connectivity index (χ1n) is 6.68. The predicted molar refractivity (Wildman–Crippen MR) is 91.6 cm³/mol. The number of aromatic carboxylic acids is 2. The number of nitro benzene ring substituents is 1. The molecule has 1 heterocycles. The third kappa shape index (κ3) is 2.86. The van der Waals surface area contributed by atoms with Crippen LogP contribution in [-0.4, -0.2) is 37.2 Å². The zero-order chi connectivity index (χ0) is 19.9. The van der Waals surface area contributed by atoms with Crippen LogP contribution in [0.1, 0.15) is 26.3 Å². The Morgan fingerprint density at radius 3 is 2.27 bits per heavy atom. The minimum absolute atomic E-state index is 0.0165. The van der Waals surface area contributed by atoms with Gasteiger partial charge in [0.05, 0.1) is 9.40 Å². The van der Waals surface area contributed by atoms with Gasteiger partial charge in [0, 0.05) is 22.8 Å². The number of hydrogen-bond donors (Lipinski definition) is 5. The van der Waals surface area contributed by atoms with Crippen LogP contribution in [0.4, 0.5) is 11.5 Å². The molecular formula is C14H10BrN3O8. The number of nitrogens with one attached hydrogen (secondary N) is 1. The third-order valence-electron chi connectivity index (χ3n) is 3.60. The number of carboxylic acids is 2. The Morgan fingerprint density at radius 1 is 1.27 bits per heavy atom. The Labute approximate surface area is 152 Å². The summed E-state index contributed by atoms with van der Waals surface area (Å²) in [5.41, 5.74) is 0.615. The average Bonchev–Trinajstić information content (AvgIpc) is 2.50. The van der Waals surface area contributed by atoms with E-state index in [9.17, 15) is 39.8 Å². The summed E-state index contributed by atoms with van der Waals surface area (Å²) in [6.07, 6.45) is 0. The molecule has 0 fully saturated rings. The van der Waals surface area contributed by atoms with E-state index < -0.39 is 61.9 Å². The summed E-state index contributed by atoms with van der Waals surface area (Å²) in [7, 11) is 0. The maximum absolute atomic E-state index is 12.0. The van der Waals surface area contributed by atoms with Crippen LogP contribution in [0, 0.1) is 17.0 Å². The van der Waals surface area contributed by atoms with Crippen LogP contribution in [0.25, 0.3) is 11.1 Å². The van der Waals surface area contributed by atoms with Gasteiger partial charge in [0.25, 0.3) is 11.2 Å². The molecule has 136 valence electrons. The first-order chi connectivity index (χ1) is 12.0. The van der Waals surface area contributed by atoms with E-state index in [1.54, 1.807) is 0 Å². The molecule has 1 aromatic carbocycles. The average molecular weight is 428 g/mol. The standard InChI is InChI=1S/C14H10BrN3O8/c1-3-5(18(25)26)2-4(10(19)9(3)15)6-7(13(21)22)11(16)17-12(20)8(6)14(23)24/h2,19H,1H3,(H,21,22)(H,23,24)(H3,16,17,20). The first-order valence-corrected chi connectivity index (χ1v) is 7.47. The number of phenols is 1. The number of pyridine rings is 1. The molecule has 26 heavy (non-hydrogen) atoms. The van der Waals surface area contributed by atoms with E-state index in [0.29, 0.717) is 0 Å². The second kappa shape index (κ2) is 6.48. The van der Waals surface area contributed by atoms with Crippen molar-refractivity contribution in [2.75, 3.05) is 5.73 Å². The van der Waals surface area contributed by atoms with Crippen LogP contribution in [0.15, 0.2) is 15.3 Å². The molecule has 12 heteroatoms. The zero-order valence-corrected chi connectivity index (χ0v) is 14.4. The van der Waals surface area contributed by atoms with Gasteiger partial charge < -0.3 is 26.0 Å². The van der Waals surface area contributed by atoms with Gasteiger partial charge in [0.15, 0.2) is 0 Å². The highest BCUT2D eigenvalue weighted by Crippen LogP contribution is 2.44. The molecule has 2 rings (SSSR count). The summed E-state index contributed by atoms with van der Waals surface area (Å²) in [4.78, 5) is 47.4. The van der Waals surface area contributed by atoms with Crippen LogP contribution in [0.3, 0.4) is 0 Å². The van der Waals surface area contributed by atoms with Crippen molar-refractivity contribution in [1.82, 2.24) is 4.98 Å². The summed E-state index contributed by atoms with van der Waals surface area (Å²) in [5.74, 6) is -4.85. The predicted octanol–water partition coefficient (Wildman–Crippen LogP) is 1.71. The molecule has 6 N–H and O–H groups in total. The lowest BCUT2D eigenvalue weighted by molar-refractivity contribution is -0.385. The minimum Gasteiger partial charge on any atom is -0.506 e. The molecule has 0 aliphatic carbocycles. The molecule has 0 aliphatic heterocycles. The van der Waals surface area contributed by atoms with Crippen molar-refractivity contribution in [1.29, 1.82) is 0 Å². The van der Waals surface area contributed by atoms with Crippen molar-refractivity contribution in [3.63, 3.8) is 0 Å². The fourth-order valence-corrected chi connectivity index (χ4v) is 2.83. The van der Waals surface area contributed by atoms with Crippen molar-refractivity contribution in [2.24, 2.45) is 0 Å². The zero-order valence-electron chi connectivity index (χ0n) is 12.9. The van der Waals surface area contributed by atoms with Gasteiger partial charge in [0.1, 0.15) is 22.7 Å². The van der Waals surface area contributed by atoms with E-state index in [1.165, 1.54) is 6.92 Å². The lowest BCUT2D eigenvalue weighted by Crippen LogP contribution is -2.24. The second-order valence-electron chi connectivity index (χ2n) is 5.09. The van der Waals surface area contributed by atoms with Crippen molar-refractivity contribution in [3.8, 4) is 16.9 Å². The molecular weight excluding hydrogens is 418 g/mol. The number of nitrogens with two attached hydrogens (primary N) is 1. The van der Waals surface area contributed by atoms with Gasteiger partial charge in [-0.1, -0.05) is 0 Å². The normalized spacial score (nSPS) is 10.5.